The van der Waals surface area contributed by atoms with Crippen LogP contribution in [0.3, 0.4) is 0 Å². The zero-order valence-electron chi connectivity index (χ0n) is 9.84. The van der Waals surface area contributed by atoms with Crippen LogP contribution in [0.1, 0.15) is 11.3 Å². The summed E-state index contributed by atoms with van der Waals surface area (Å²) in [6.07, 6.45) is 4.05. The molecule has 0 saturated carbocycles. The quantitative estimate of drug-likeness (QED) is 0.612. The van der Waals surface area contributed by atoms with Gasteiger partial charge in [0.25, 0.3) is 0 Å². The average Bonchev–Trinajstić information content (AvgIpc) is 2.40. The Morgan fingerprint density at radius 2 is 2.11 bits per heavy atom. The number of ether oxygens (including phenoxy) is 1. The monoisotopic (exact) mass is 242 g/mol. The van der Waals surface area contributed by atoms with Crippen molar-refractivity contribution in [3.63, 3.8) is 0 Å². The van der Waals surface area contributed by atoms with Gasteiger partial charge in [-0.05, 0) is 18.2 Å². The van der Waals surface area contributed by atoms with E-state index in [0.717, 1.165) is 5.69 Å². The lowest BCUT2D eigenvalue weighted by Gasteiger charge is -2.06. The number of rotatable bonds is 5. The highest BCUT2D eigenvalue weighted by atomic mass is 16.5. The van der Waals surface area contributed by atoms with E-state index in [4.69, 9.17) is 15.9 Å². The fraction of sp³-hybridized carbons (Fsp3) is 0.154. The lowest BCUT2D eigenvalue weighted by molar-refractivity contribution is 0.308. The van der Waals surface area contributed by atoms with Gasteiger partial charge in [-0.25, -0.2) is 4.98 Å². The van der Waals surface area contributed by atoms with E-state index >= 15 is 0 Å². The number of pyridine rings is 2. The van der Waals surface area contributed by atoms with Gasteiger partial charge in [-0.3, -0.25) is 10.4 Å². The number of nitrogen functional groups attached to an aromatic ring is 1. The normalized spacial score (nSPS) is 10.0. The molecule has 2 rings (SSSR count). The molecule has 0 unspecified atom stereocenters. The fourth-order valence-electron chi connectivity index (χ4n) is 1.46. The second-order valence-electron chi connectivity index (χ2n) is 3.72. The number of aromatic nitrogens is 2. The van der Waals surface area contributed by atoms with Crippen molar-refractivity contribution in [2.24, 2.45) is 5.73 Å². The molecule has 0 saturated heterocycles. The first-order valence-corrected chi connectivity index (χ1v) is 5.59. The molecule has 18 heavy (non-hydrogen) atoms. The molecule has 0 aliphatic carbocycles. The Hall–Kier alpha value is -2.43. The van der Waals surface area contributed by atoms with Crippen LogP contribution in [-0.2, 0) is 6.42 Å². The van der Waals surface area contributed by atoms with E-state index in [1.807, 2.05) is 18.2 Å². The van der Waals surface area contributed by atoms with Crippen LogP contribution >= 0.6 is 0 Å². The fourth-order valence-corrected chi connectivity index (χ4v) is 1.46. The number of hydrogen-bond donors (Lipinski definition) is 2. The van der Waals surface area contributed by atoms with Crippen molar-refractivity contribution in [1.82, 2.24) is 9.97 Å². The van der Waals surface area contributed by atoms with Crippen molar-refractivity contribution in [2.45, 2.75) is 6.42 Å². The van der Waals surface area contributed by atoms with E-state index in [-0.39, 0.29) is 5.84 Å². The summed E-state index contributed by atoms with van der Waals surface area (Å²) in [6.45, 7) is 0.491. The summed E-state index contributed by atoms with van der Waals surface area (Å²) in [4.78, 5) is 8.26. The van der Waals surface area contributed by atoms with Crippen LogP contribution in [0.25, 0.3) is 0 Å². The first kappa shape index (κ1) is 12.0. The molecule has 0 aliphatic rings. The molecule has 0 fully saturated rings. The van der Waals surface area contributed by atoms with E-state index in [0.29, 0.717) is 24.5 Å². The molecular weight excluding hydrogens is 228 g/mol. The summed E-state index contributed by atoms with van der Waals surface area (Å²) in [5.74, 6) is 0.477. The largest absolute Gasteiger partial charge is 0.477 e. The third kappa shape index (κ3) is 3.28. The molecule has 5 heteroatoms. The van der Waals surface area contributed by atoms with Crippen molar-refractivity contribution in [1.29, 1.82) is 5.41 Å². The Morgan fingerprint density at radius 1 is 1.22 bits per heavy atom. The first-order valence-electron chi connectivity index (χ1n) is 5.59. The molecule has 92 valence electrons. The van der Waals surface area contributed by atoms with E-state index in [1.165, 1.54) is 0 Å². The molecule has 0 amide bonds. The predicted octanol–water partition coefficient (Wildman–Crippen LogP) is 1.38. The Bertz CT molecular complexity index is 528. The van der Waals surface area contributed by atoms with Gasteiger partial charge in [-0.2, -0.15) is 0 Å². The molecule has 5 nitrogen and oxygen atoms in total. The standard InChI is InChI=1S/C13H14N4O/c14-13(15)10-4-7-17-12(9-10)18-8-5-11-3-1-2-6-16-11/h1-4,6-7,9H,5,8H2,(H3,14,15). The number of amidine groups is 1. The molecule has 0 radical (unpaired) electrons. The predicted molar refractivity (Wildman–Crippen MR) is 68.7 cm³/mol. The Balaban J connectivity index is 1.90. The van der Waals surface area contributed by atoms with Gasteiger partial charge in [0.2, 0.25) is 5.88 Å². The Morgan fingerprint density at radius 3 is 2.83 bits per heavy atom. The second kappa shape index (κ2) is 5.77. The lowest BCUT2D eigenvalue weighted by atomic mass is 10.2. The molecule has 0 aliphatic heterocycles. The highest BCUT2D eigenvalue weighted by Crippen LogP contribution is 2.09. The Labute approximate surface area is 105 Å². The number of nitrogens with zero attached hydrogens (tertiary/aromatic N) is 2. The van der Waals surface area contributed by atoms with Crippen LogP contribution in [0.5, 0.6) is 5.88 Å². The van der Waals surface area contributed by atoms with Gasteiger partial charge in [-0.15, -0.1) is 0 Å². The van der Waals surface area contributed by atoms with E-state index < -0.39 is 0 Å². The number of nitrogens with two attached hydrogens (primary N) is 1. The van der Waals surface area contributed by atoms with Crippen LogP contribution in [0.4, 0.5) is 0 Å². The molecule has 0 atom stereocenters. The highest BCUT2D eigenvalue weighted by Gasteiger charge is 2.01. The topological polar surface area (TPSA) is 84.9 Å². The van der Waals surface area contributed by atoms with Gasteiger partial charge in [0.05, 0.1) is 6.61 Å². The highest BCUT2D eigenvalue weighted by molar-refractivity contribution is 5.95. The zero-order valence-corrected chi connectivity index (χ0v) is 9.84. The maximum absolute atomic E-state index is 7.33. The third-order valence-corrected chi connectivity index (χ3v) is 2.38. The molecule has 2 heterocycles. The Kier molecular flexibility index (Phi) is 3.86. The molecule has 0 aromatic carbocycles. The summed E-state index contributed by atoms with van der Waals surface area (Å²) >= 11 is 0. The summed E-state index contributed by atoms with van der Waals surface area (Å²) in [7, 11) is 0. The minimum absolute atomic E-state index is 0.00646. The van der Waals surface area contributed by atoms with Crippen LogP contribution < -0.4 is 10.5 Å². The summed E-state index contributed by atoms with van der Waals surface area (Å²) in [6, 6.07) is 9.09. The minimum Gasteiger partial charge on any atom is -0.477 e. The molecule has 3 N–H and O–H groups in total. The molecule has 2 aromatic rings. The second-order valence-corrected chi connectivity index (χ2v) is 3.72. The smallest absolute Gasteiger partial charge is 0.213 e. The van der Waals surface area contributed by atoms with Crippen molar-refractivity contribution in [2.75, 3.05) is 6.61 Å². The van der Waals surface area contributed by atoms with Crippen molar-refractivity contribution in [3.8, 4) is 5.88 Å². The zero-order chi connectivity index (χ0) is 12.8. The molecule has 0 bridgehead atoms. The van der Waals surface area contributed by atoms with Crippen LogP contribution in [0, 0.1) is 5.41 Å². The van der Waals surface area contributed by atoms with Gasteiger partial charge in [0.1, 0.15) is 5.84 Å². The van der Waals surface area contributed by atoms with E-state index in [9.17, 15) is 0 Å². The molecule has 0 spiro atoms. The first-order chi connectivity index (χ1) is 8.75. The van der Waals surface area contributed by atoms with Gasteiger partial charge in [0.15, 0.2) is 0 Å². The van der Waals surface area contributed by atoms with Crippen LogP contribution in [-0.4, -0.2) is 22.4 Å². The van der Waals surface area contributed by atoms with Gasteiger partial charge < -0.3 is 10.5 Å². The summed E-state index contributed by atoms with van der Waals surface area (Å²) in [5.41, 5.74) is 6.97. The van der Waals surface area contributed by atoms with E-state index in [2.05, 4.69) is 9.97 Å². The van der Waals surface area contributed by atoms with Crippen molar-refractivity contribution >= 4 is 5.84 Å². The average molecular weight is 242 g/mol. The maximum atomic E-state index is 7.33. The number of hydrogen-bond acceptors (Lipinski definition) is 4. The third-order valence-electron chi connectivity index (χ3n) is 2.38. The SMILES string of the molecule is N=C(N)c1ccnc(OCCc2ccccn2)c1. The maximum Gasteiger partial charge on any atom is 0.213 e. The lowest BCUT2D eigenvalue weighted by Crippen LogP contribution is -2.11. The van der Waals surface area contributed by atoms with Crippen molar-refractivity contribution < 1.29 is 4.74 Å². The van der Waals surface area contributed by atoms with Gasteiger partial charge in [0, 0.05) is 36.1 Å². The summed E-state index contributed by atoms with van der Waals surface area (Å²) < 4.78 is 5.50. The molecule has 2 aromatic heterocycles. The van der Waals surface area contributed by atoms with Crippen molar-refractivity contribution in [3.05, 3.63) is 54.0 Å². The van der Waals surface area contributed by atoms with Gasteiger partial charge in [-0.1, -0.05) is 6.07 Å². The summed E-state index contributed by atoms with van der Waals surface area (Å²) in [5, 5.41) is 7.33. The van der Waals surface area contributed by atoms with Crippen LogP contribution in [0.2, 0.25) is 0 Å². The minimum atomic E-state index is 0.00646. The van der Waals surface area contributed by atoms with Crippen LogP contribution in [0.15, 0.2) is 42.7 Å². The van der Waals surface area contributed by atoms with Gasteiger partial charge >= 0.3 is 0 Å². The molecular formula is C13H14N4O. The number of nitrogens with one attached hydrogen (secondary N) is 1. The van der Waals surface area contributed by atoms with E-state index in [1.54, 1.807) is 24.5 Å².